The Morgan fingerprint density at radius 3 is 1.16 bits per heavy atom. The standard InChI is InChI=1S/C45H86N2O2/c1-6-8-10-12-14-16-18-20-22-24-26-28-30-32-34-36-41-48-43-45(47(5)40-38-39-46(3)4)44-49-42-37-35-33-31-29-27-25-23-21-19-17-15-13-11-9-7-2/h14-17,20-23,45H,6-13,18-19,24-44H2,1-5H3/b16-14-,17-15-,22-20-,23-21-. The van der Waals surface area contributed by atoms with Crippen LogP contribution >= 0.6 is 0 Å². The largest absolute Gasteiger partial charge is 0.380 e. The Labute approximate surface area is 308 Å². The van der Waals surface area contributed by atoms with E-state index in [4.69, 9.17) is 9.47 Å². The molecule has 0 bridgehead atoms. The third-order valence-corrected chi connectivity index (χ3v) is 9.34. The van der Waals surface area contributed by atoms with Crippen LogP contribution in [0.1, 0.15) is 174 Å². The van der Waals surface area contributed by atoms with Gasteiger partial charge in [0.25, 0.3) is 0 Å². The van der Waals surface area contributed by atoms with Crippen LogP contribution in [-0.2, 0) is 9.47 Å². The molecule has 0 rings (SSSR count). The maximum atomic E-state index is 6.20. The molecule has 0 spiro atoms. The quantitative estimate of drug-likeness (QED) is 0.0475. The summed E-state index contributed by atoms with van der Waals surface area (Å²) < 4.78 is 12.4. The summed E-state index contributed by atoms with van der Waals surface area (Å²) in [6, 6.07) is 0.344. The highest BCUT2D eigenvalue weighted by atomic mass is 16.5. The number of hydrogen-bond acceptors (Lipinski definition) is 4. The van der Waals surface area contributed by atoms with E-state index in [0.717, 1.165) is 52.4 Å². The zero-order valence-corrected chi connectivity index (χ0v) is 33.8. The molecule has 0 aliphatic heterocycles. The molecule has 0 aromatic rings. The van der Waals surface area contributed by atoms with Gasteiger partial charge in [-0.3, -0.25) is 4.90 Å². The van der Waals surface area contributed by atoms with Crippen LogP contribution in [0.4, 0.5) is 0 Å². The molecule has 0 aromatic heterocycles. The van der Waals surface area contributed by atoms with E-state index in [1.807, 2.05) is 0 Å². The lowest BCUT2D eigenvalue weighted by molar-refractivity contribution is 0.0111. The van der Waals surface area contributed by atoms with Crippen molar-refractivity contribution in [1.82, 2.24) is 9.80 Å². The van der Waals surface area contributed by atoms with Crippen LogP contribution in [0.3, 0.4) is 0 Å². The summed E-state index contributed by atoms with van der Waals surface area (Å²) in [6.45, 7) is 10.1. The molecule has 4 heteroatoms. The molecular weight excluding hydrogens is 601 g/mol. The molecule has 0 amide bonds. The Morgan fingerprint density at radius 1 is 0.408 bits per heavy atom. The molecule has 49 heavy (non-hydrogen) atoms. The van der Waals surface area contributed by atoms with E-state index in [0.29, 0.717) is 6.04 Å². The minimum Gasteiger partial charge on any atom is -0.380 e. The SMILES string of the molecule is CCCCC/C=C\C/C=C\CCCCCCCCOCC(COCCCCCCCC/C=C\C/C=C\CCCCC)N(C)CCCN(C)C. The third kappa shape index (κ3) is 39.4. The average molecular weight is 687 g/mol. The van der Waals surface area contributed by atoms with Gasteiger partial charge in [0.2, 0.25) is 0 Å². The summed E-state index contributed by atoms with van der Waals surface area (Å²) in [5.74, 6) is 0. The fourth-order valence-corrected chi connectivity index (χ4v) is 5.94. The topological polar surface area (TPSA) is 24.9 Å². The molecule has 0 aromatic carbocycles. The maximum absolute atomic E-state index is 6.20. The first-order chi connectivity index (χ1) is 24.1. The van der Waals surface area contributed by atoms with Crippen molar-refractivity contribution < 1.29 is 9.47 Å². The average Bonchev–Trinajstić information content (AvgIpc) is 3.09. The number of rotatable bonds is 39. The van der Waals surface area contributed by atoms with E-state index in [-0.39, 0.29) is 0 Å². The first-order valence-electron chi connectivity index (χ1n) is 21.2. The van der Waals surface area contributed by atoms with E-state index >= 15 is 0 Å². The number of allylic oxidation sites excluding steroid dienone is 8. The van der Waals surface area contributed by atoms with E-state index in [9.17, 15) is 0 Å². The summed E-state index contributed by atoms with van der Waals surface area (Å²) in [4.78, 5) is 4.73. The van der Waals surface area contributed by atoms with Gasteiger partial charge in [0.05, 0.1) is 19.3 Å². The van der Waals surface area contributed by atoms with Crippen molar-refractivity contribution >= 4 is 0 Å². The molecule has 0 radical (unpaired) electrons. The molecule has 0 saturated heterocycles. The lowest BCUT2D eigenvalue weighted by Gasteiger charge is -2.28. The maximum Gasteiger partial charge on any atom is 0.0644 e. The van der Waals surface area contributed by atoms with Crippen molar-refractivity contribution in [3.63, 3.8) is 0 Å². The minimum atomic E-state index is 0.344. The van der Waals surface area contributed by atoms with Crippen LogP contribution in [0.2, 0.25) is 0 Å². The van der Waals surface area contributed by atoms with Crippen molar-refractivity contribution in [3.05, 3.63) is 48.6 Å². The van der Waals surface area contributed by atoms with Gasteiger partial charge in [-0.1, -0.05) is 140 Å². The summed E-state index contributed by atoms with van der Waals surface area (Å²) in [5.41, 5.74) is 0. The van der Waals surface area contributed by atoms with Crippen LogP contribution < -0.4 is 0 Å². The highest BCUT2D eigenvalue weighted by molar-refractivity contribution is 4.93. The van der Waals surface area contributed by atoms with E-state index < -0.39 is 0 Å². The molecule has 0 fully saturated rings. The zero-order valence-electron chi connectivity index (χ0n) is 33.8. The molecule has 0 aliphatic carbocycles. The second-order valence-corrected chi connectivity index (χ2v) is 14.6. The van der Waals surface area contributed by atoms with Crippen LogP contribution in [0.5, 0.6) is 0 Å². The monoisotopic (exact) mass is 687 g/mol. The number of unbranched alkanes of at least 4 members (excludes halogenated alkanes) is 18. The highest BCUT2D eigenvalue weighted by Crippen LogP contribution is 2.11. The lowest BCUT2D eigenvalue weighted by Crippen LogP contribution is -2.40. The zero-order chi connectivity index (χ0) is 35.7. The van der Waals surface area contributed by atoms with Crippen LogP contribution in [0, 0.1) is 0 Å². The fourth-order valence-electron chi connectivity index (χ4n) is 5.94. The summed E-state index contributed by atoms with van der Waals surface area (Å²) in [6.07, 6.45) is 50.7. The third-order valence-electron chi connectivity index (χ3n) is 9.34. The lowest BCUT2D eigenvalue weighted by atomic mass is 10.1. The van der Waals surface area contributed by atoms with E-state index in [1.54, 1.807) is 0 Å². The van der Waals surface area contributed by atoms with Gasteiger partial charge in [-0.15, -0.1) is 0 Å². The van der Waals surface area contributed by atoms with Crippen LogP contribution in [0.25, 0.3) is 0 Å². The van der Waals surface area contributed by atoms with E-state index in [1.165, 1.54) is 148 Å². The van der Waals surface area contributed by atoms with Crippen molar-refractivity contribution in [3.8, 4) is 0 Å². The Morgan fingerprint density at radius 2 is 0.776 bits per heavy atom. The number of ether oxygens (including phenoxy) is 2. The predicted molar refractivity (Wildman–Crippen MR) is 220 cm³/mol. The van der Waals surface area contributed by atoms with Crippen molar-refractivity contribution in [2.24, 2.45) is 0 Å². The molecule has 0 unspecified atom stereocenters. The number of nitrogens with zero attached hydrogens (tertiary/aromatic N) is 2. The summed E-state index contributed by atoms with van der Waals surface area (Å²) in [5, 5.41) is 0. The molecule has 288 valence electrons. The molecule has 0 aliphatic rings. The normalized spacial score (nSPS) is 12.7. The molecule has 4 nitrogen and oxygen atoms in total. The molecular formula is C45H86N2O2. The molecule has 0 heterocycles. The van der Waals surface area contributed by atoms with Gasteiger partial charge < -0.3 is 14.4 Å². The Hall–Kier alpha value is -1.20. The van der Waals surface area contributed by atoms with Crippen LogP contribution in [-0.4, -0.2) is 76.5 Å². The van der Waals surface area contributed by atoms with Gasteiger partial charge >= 0.3 is 0 Å². The number of hydrogen-bond donors (Lipinski definition) is 0. The summed E-state index contributed by atoms with van der Waals surface area (Å²) >= 11 is 0. The van der Waals surface area contributed by atoms with Gasteiger partial charge in [-0.25, -0.2) is 0 Å². The Bertz CT molecular complexity index is 692. The van der Waals surface area contributed by atoms with Crippen molar-refractivity contribution in [2.75, 3.05) is 60.7 Å². The second-order valence-electron chi connectivity index (χ2n) is 14.6. The molecule has 0 N–H and O–H groups in total. The van der Waals surface area contributed by atoms with Gasteiger partial charge in [0.15, 0.2) is 0 Å². The minimum absolute atomic E-state index is 0.344. The second kappa shape index (κ2) is 41.2. The van der Waals surface area contributed by atoms with E-state index in [2.05, 4.69) is 93.4 Å². The van der Waals surface area contributed by atoms with Crippen LogP contribution in [0.15, 0.2) is 48.6 Å². The Kier molecular flexibility index (Phi) is 40.2. The van der Waals surface area contributed by atoms with Gasteiger partial charge in [-0.05, 0) is 118 Å². The van der Waals surface area contributed by atoms with Crippen molar-refractivity contribution in [2.45, 2.75) is 180 Å². The highest BCUT2D eigenvalue weighted by Gasteiger charge is 2.15. The van der Waals surface area contributed by atoms with Crippen molar-refractivity contribution in [1.29, 1.82) is 0 Å². The molecule has 0 saturated carbocycles. The number of likely N-dealkylation sites (N-methyl/N-ethyl adjacent to an activating group) is 1. The first-order valence-corrected chi connectivity index (χ1v) is 21.2. The fraction of sp³-hybridized carbons (Fsp3) is 0.822. The predicted octanol–water partition coefficient (Wildman–Crippen LogP) is 12.9. The van der Waals surface area contributed by atoms with Gasteiger partial charge in [-0.2, -0.15) is 0 Å². The molecule has 0 atom stereocenters. The van der Waals surface area contributed by atoms with Gasteiger partial charge in [0.1, 0.15) is 0 Å². The van der Waals surface area contributed by atoms with Gasteiger partial charge in [0, 0.05) is 13.2 Å². The summed E-state index contributed by atoms with van der Waals surface area (Å²) in [7, 11) is 6.56. The first kappa shape index (κ1) is 47.8. The Balaban J connectivity index is 3.90. The smallest absolute Gasteiger partial charge is 0.0644 e.